The van der Waals surface area contributed by atoms with Gasteiger partial charge in [0.25, 0.3) is 0 Å². The Balaban J connectivity index is 0.00000149. The van der Waals surface area contributed by atoms with Crippen molar-refractivity contribution in [2.24, 2.45) is 0 Å². The molecule has 4 rings (SSSR count). The maximum absolute atomic E-state index is 12.4. The van der Waals surface area contributed by atoms with Gasteiger partial charge in [0.1, 0.15) is 5.75 Å². The highest BCUT2D eigenvalue weighted by atomic mass is 16.6. The second-order valence-corrected chi connectivity index (χ2v) is 6.79. The van der Waals surface area contributed by atoms with Gasteiger partial charge in [0, 0.05) is 58.8 Å². The van der Waals surface area contributed by atoms with Gasteiger partial charge in [-0.25, -0.2) is 4.79 Å². The summed E-state index contributed by atoms with van der Waals surface area (Å²) in [6.07, 6.45) is 4.59. The molecule has 7 nitrogen and oxygen atoms in total. The first-order valence-corrected chi connectivity index (χ1v) is 10.7. The van der Waals surface area contributed by atoms with Crippen LogP contribution in [0.15, 0.2) is 91.4 Å². The van der Waals surface area contributed by atoms with Crippen LogP contribution in [-0.2, 0) is 0 Å². The van der Waals surface area contributed by atoms with E-state index >= 15 is 0 Å². The summed E-state index contributed by atoms with van der Waals surface area (Å²) in [6.45, 7) is 5.93. The van der Waals surface area contributed by atoms with Crippen LogP contribution in [0.5, 0.6) is 5.75 Å². The molecule has 4 aromatic rings. The summed E-state index contributed by atoms with van der Waals surface area (Å²) < 4.78 is 5.45. The Labute approximate surface area is 193 Å². The SMILES string of the molecule is CC.Cc1cc(Nc2cccc(OC(=O)Nc3cccc(Nc4ccncc4)c3)c2)ccn1. The van der Waals surface area contributed by atoms with Crippen molar-refractivity contribution >= 4 is 34.5 Å². The number of nitrogens with zero attached hydrogens (tertiary/aromatic N) is 2. The van der Waals surface area contributed by atoms with Gasteiger partial charge in [-0.3, -0.25) is 15.3 Å². The fraction of sp³-hybridized carbons (Fsp3) is 0.115. The third-order valence-electron chi connectivity index (χ3n) is 4.31. The lowest BCUT2D eigenvalue weighted by Gasteiger charge is -2.11. The average Bonchev–Trinajstić information content (AvgIpc) is 2.81. The first-order chi connectivity index (χ1) is 16.1. The molecule has 0 aliphatic rings. The topological polar surface area (TPSA) is 88.2 Å². The first kappa shape index (κ1) is 23.3. The van der Waals surface area contributed by atoms with E-state index in [0.29, 0.717) is 11.4 Å². The summed E-state index contributed by atoms with van der Waals surface area (Å²) in [5.41, 5.74) is 4.99. The van der Waals surface area contributed by atoms with Gasteiger partial charge in [0.2, 0.25) is 0 Å². The van der Waals surface area contributed by atoms with Crippen LogP contribution in [0.25, 0.3) is 0 Å². The molecule has 0 spiro atoms. The van der Waals surface area contributed by atoms with Crippen molar-refractivity contribution in [3.8, 4) is 5.75 Å². The quantitative estimate of drug-likeness (QED) is 0.301. The number of amides is 1. The number of anilines is 5. The van der Waals surface area contributed by atoms with Gasteiger partial charge in [-0.2, -0.15) is 0 Å². The largest absolute Gasteiger partial charge is 0.417 e. The number of aromatic nitrogens is 2. The van der Waals surface area contributed by atoms with Crippen molar-refractivity contribution in [1.29, 1.82) is 0 Å². The van der Waals surface area contributed by atoms with Crippen molar-refractivity contribution < 1.29 is 9.53 Å². The second-order valence-electron chi connectivity index (χ2n) is 6.79. The van der Waals surface area contributed by atoms with Gasteiger partial charge >= 0.3 is 6.09 Å². The minimum atomic E-state index is -0.571. The van der Waals surface area contributed by atoms with Gasteiger partial charge in [0.05, 0.1) is 0 Å². The molecule has 0 fully saturated rings. The lowest BCUT2D eigenvalue weighted by Crippen LogP contribution is -2.16. The number of hydrogen-bond donors (Lipinski definition) is 3. The van der Waals surface area contributed by atoms with E-state index in [1.807, 2.05) is 75.4 Å². The fourth-order valence-corrected chi connectivity index (χ4v) is 2.95. The smallest absolute Gasteiger partial charge is 0.410 e. The molecule has 2 aromatic heterocycles. The lowest BCUT2D eigenvalue weighted by atomic mass is 10.2. The van der Waals surface area contributed by atoms with Crippen molar-refractivity contribution in [3.63, 3.8) is 0 Å². The van der Waals surface area contributed by atoms with E-state index < -0.39 is 6.09 Å². The maximum atomic E-state index is 12.4. The van der Waals surface area contributed by atoms with E-state index in [9.17, 15) is 4.79 Å². The molecule has 0 atom stereocenters. The van der Waals surface area contributed by atoms with Gasteiger partial charge in [-0.15, -0.1) is 0 Å². The molecule has 0 unspecified atom stereocenters. The minimum Gasteiger partial charge on any atom is -0.410 e. The van der Waals surface area contributed by atoms with Crippen LogP contribution < -0.4 is 20.7 Å². The second kappa shape index (κ2) is 11.9. The number of pyridine rings is 2. The number of benzene rings is 2. The van der Waals surface area contributed by atoms with Crippen molar-refractivity contribution in [1.82, 2.24) is 9.97 Å². The van der Waals surface area contributed by atoms with E-state index in [4.69, 9.17) is 4.74 Å². The monoisotopic (exact) mass is 441 g/mol. The molecule has 2 heterocycles. The van der Waals surface area contributed by atoms with Crippen LogP contribution in [0.3, 0.4) is 0 Å². The number of carbonyl (C=O) groups is 1. The normalized spacial score (nSPS) is 9.79. The van der Waals surface area contributed by atoms with Crippen LogP contribution in [0.4, 0.5) is 33.2 Å². The summed E-state index contributed by atoms with van der Waals surface area (Å²) in [6, 6.07) is 22.1. The molecule has 168 valence electrons. The van der Waals surface area contributed by atoms with Gasteiger partial charge in [0.15, 0.2) is 0 Å². The van der Waals surface area contributed by atoms with E-state index in [1.54, 1.807) is 36.8 Å². The zero-order valence-corrected chi connectivity index (χ0v) is 18.9. The van der Waals surface area contributed by atoms with Gasteiger partial charge < -0.3 is 15.4 Å². The summed E-state index contributed by atoms with van der Waals surface area (Å²) in [7, 11) is 0. The molecule has 2 aromatic carbocycles. The Hall–Kier alpha value is -4.39. The number of nitrogens with one attached hydrogen (secondary N) is 3. The molecule has 7 heteroatoms. The third-order valence-corrected chi connectivity index (χ3v) is 4.31. The highest BCUT2D eigenvalue weighted by molar-refractivity contribution is 5.87. The van der Waals surface area contributed by atoms with Crippen LogP contribution in [0, 0.1) is 6.92 Å². The summed E-state index contributed by atoms with van der Waals surface area (Å²) in [4.78, 5) is 20.6. The van der Waals surface area contributed by atoms with E-state index in [1.165, 1.54) is 0 Å². The molecule has 0 saturated heterocycles. The Kier molecular flexibility index (Phi) is 8.36. The van der Waals surface area contributed by atoms with Crippen LogP contribution in [0.2, 0.25) is 0 Å². The molecule has 0 aliphatic carbocycles. The number of hydrogen-bond acceptors (Lipinski definition) is 6. The maximum Gasteiger partial charge on any atom is 0.417 e. The van der Waals surface area contributed by atoms with E-state index in [0.717, 1.165) is 28.4 Å². The third kappa shape index (κ3) is 7.36. The highest BCUT2D eigenvalue weighted by Crippen LogP contribution is 2.23. The summed E-state index contributed by atoms with van der Waals surface area (Å²) in [5, 5.41) is 9.28. The number of aryl methyl sites for hydroxylation is 1. The lowest BCUT2D eigenvalue weighted by molar-refractivity contribution is 0.215. The predicted octanol–water partition coefficient (Wildman–Crippen LogP) is 6.91. The Morgan fingerprint density at radius 2 is 1.33 bits per heavy atom. The number of ether oxygens (including phenoxy) is 1. The Morgan fingerprint density at radius 3 is 2.09 bits per heavy atom. The molecule has 0 aliphatic heterocycles. The van der Waals surface area contributed by atoms with E-state index in [-0.39, 0.29) is 0 Å². The zero-order chi connectivity index (χ0) is 23.5. The zero-order valence-electron chi connectivity index (χ0n) is 18.9. The average molecular weight is 442 g/mol. The molecule has 33 heavy (non-hydrogen) atoms. The van der Waals surface area contributed by atoms with Crippen LogP contribution in [0.1, 0.15) is 19.5 Å². The van der Waals surface area contributed by atoms with Gasteiger partial charge in [-0.1, -0.05) is 26.0 Å². The summed E-state index contributed by atoms with van der Waals surface area (Å²) >= 11 is 0. The predicted molar refractivity (Wildman–Crippen MR) is 134 cm³/mol. The highest BCUT2D eigenvalue weighted by Gasteiger charge is 2.07. The van der Waals surface area contributed by atoms with Crippen molar-refractivity contribution in [2.45, 2.75) is 20.8 Å². The van der Waals surface area contributed by atoms with E-state index in [2.05, 4.69) is 25.9 Å². The minimum absolute atomic E-state index is 0.430. The standard InChI is InChI=1S/C24H21N5O2.C2H6/c1-17-14-22(10-13-26-17)28-21-6-3-7-23(16-21)31-24(30)29-20-5-2-4-19(15-20)27-18-8-11-25-12-9-18;1-2/h2-16H,1H3,(H,25,27)(H,26,28)(H,29,30);1-2H3. The summed E-state index contributed by atoms with van der Waals surface area (Å²) in [5.74, 6) is 0.430. The molecule has 0 saturated carbocycles. The van der Waals surface area contributed by atoms with Crippen LogP contribution >= 0.6 is 0 Å². The molecular weight excluding hydrogens is 414 g/mol. The van der Waals surface area contributed by atoms with Crippen LogP contribution in [-0.4, -0.2) is 16.1 Å². The van der Waals surface area contributed by atoms with Crippen molar-refractivity contribution in [2.75, 3.05) is 16.0 Å². The molecule has 0 radical (unpaired) electrons. The molecule has 3 N–H and O–H groups in total. The Morgan fingerprint density at radius 1 is 0.727 bits per heavy atom. The van der Waals surface area contributed by atoms with Crippen molar-refractivity contribution in [3.05, 3.63) is 97.1 Å². The van der Waals surface area contributed by atoms with Gasteiger partial charge in [-0.05, 0) is 61.5 Å². The number of carbonyl (C=O) groups excluding carboxylic acids is 1. The molecule has 0 bridgehead atoms. The first-order valence-electron chi connectivity index (χ1n) is 10.7. The molecular formula is C26H27N5O2. The fourth-order valence-electron chi connectivity index (χ4n) is 2.95. The molecule has 1 amide bonds. The Bertz CT molecular complexity index is 1180. The number of rotatable bonds is 6.